The number of likely N-dealkylation sites (tertiary alicyclic amines) is 1. The molecule has 19 heavy (non-hydrogen) atoms. The summed E-state index contributed by atoms with van der Waals surface area (Å²) in [6, 6.07) is 0. The van der Waals surface area contributed by atoms with E-state index in [2.05, 4.69) is 47.2 Å². The summed E-state index contributed by atoms with van der Waals surface area (Å²) in [6.45, 7) is 6.63. The third-order valence-electron chi connectivity index (χ3n) is 3.56. The van der Waals surface area contributed by atoms with E-state index < -0.39 is 0 Å². The average Bonchev–Trinajstić information content (AvgIpc) is 2.82. The number of hydrogen-bond donors (Lipinski definition) is 0. The zero-order chi connectivity index (χ0) is 13.0. The van der Waals surface area contributed by atoms with Crippen molar-refractivity contribution in [2.75, 3.05) is 33.7 Å². The van der Waals surface area contributed by atoms with Crippen molar-refractivity contribution in [1.29, 1.82) is 0 Å². The fraction of sp³-hybridized carbons (Fsp3) is 0.643. The Morgan fingerprint density at radius 2 is 1.95 bits per heavy atom. The van der Waals surface area contributed by atoms with Crippen LogP contribution in [-0.2, 0) is 45.7 Å². The van der Waals surface area contributed by atoms with Crippen LogP contribution in [0.4, 0.5) is 0 Å². The van der Waals surface area contributed by atoms with Crippen molar-refractivity contribution in [2.24, 2.45) is 0 Å². The second kappa shape index (κ2) is 8.40. The summed E-state index contributed by atoms with van der Waals surface area (Å²) < 4.78 is 0. The van der Waals surface area contributed by atoms with Crippen molar-refractivity contribution in [3.63, 3.8) is 0 Å². The minimum Gasteiger partial charge on any atom is -0.338 e. The average molecular weight is 336 g/mol. The molecule has 2 aliphatic rings. The van der Waals surface area contributed by atoms with Gasteiger partial charge in [-0.2, -0.15) is 6.42 Å². The van der Waals surface area contributed by atoms with Gasteiger partial charge in [0.25, 0.3) is 0 Å². The molecular weight excluding hydrogens is 313 g/mol. The largest absolute Gasteiger partial charge is 0.338 e. The Morgan fingerprint density at radius 3 is 2.53 bits per heavy atom. The molecule has 3 heterocycles. The Kier molecular flexibility index (Phi) is 7.59. The Balaban J connectivity index is 0.000000220. The molecule has 0 bridgehead atoms. The number of fused-ring (bicyclic) bond motifs is 1. The van der Waals surface area contributed by atoms with E-state index in [0.29, 0.717) is 0 Å². The number of rotatable bonds is 0. The first kappa shape index (κ1) is 17.2. The van der Waals surface area contributed by atoms with Crippen LogP contribution < -0.4 is 0 Å². The van der Waals surface area contributed by atoms with Gasteiger partial charge in [-0.05, 0) is 27.6 Å². The minimum atomic E-state index is 0. The van der Waals surface area contributed by atoms with Gasteiger partial charge < -0.3 is 16.2 Å². The van der Waals surface area contributed by atoms with E-state index in [4.69, 9.17) is 0 Å². The number of likely N-dealkylation sites (N-methyl/N-ethyl adjacent to an activating group) is 1. The molecule has 0 amide bonds. The van der Waals surface area contributed by atoms with E-state index >= 15 is 0 Å². The molecule has 1 fully saturated rings. The summed E-state index contributed by atoms with van der Waals surface area (Å²) in [6.07, 6.45) is 6.32. The van der Waals surface area contributed by atoms with Crippen molar-refractivity contribution >= 4 is 0 Å². The second-order valence-corrected chi connectivity index (χ2v) is 5.21. The monoisotopic (exact) mass is 336 g/mol. The van der Waals surface area contributed by atoms with E-state index in [1.807, 2.05) is 0 Å². The molecule has 1 aromatic rings. The summed E-state index contributed by atoms with van der Waals surface area (Å²) in [7, 11) is 4.28. The topological polar surface area (TPSA) is 32.3 Å². The zero-order valence-corrected chi connectivity index (χ0v) is 15.1. The van der Waals surface area contributed by atoms with Crippen LogP contribution in [0.3, 0.4) is 0 Å². The van der Waals surface area contributed by atoms with Crippen molar-refractivity contribution in [3.8, 4) is 0 Å². The van der Waals surface area contributed by atoms with E-state index in [0.717, 1.165) is 25.2 Å². The summed E-state index contributed by atoms with van der Waals surface area (Å²) in [5, 5.41) is 0. The van der Waals surface area contributed by atoms with E-state index in [-0.39, 0.29) is 32.7 Å². The molecule has 103 valence electrons. The van der Waals surface area contributed by atoms with Crippen LogP contribution in [0.15, 0.2) is 6.33 Å². The summed E-state index contributed by atoms with van der Waals surface area (Å²) >= 11 is 0. The van der Waals surface area contributed by atoms with Gasteiger partial charge in [-0.3, -0.25) is 0 Å². The molecule has 2 aliphatic heterocycles. The molecular formula is C14H23N4Y-. The Morgan fingerprint density at radius 1 is 1.16 bits per heavy atom. The number of nitrogens with zero attached hydrogens (tertiary/aromatic N) is 4. The molecule has 0 N–H and O–H groups in total. The molecule has 3 rings (SSSR count). The quantitative estimate of drug-likeness (QED) is 0.669. The second-order valence-electron chi connectivity index (χ2n) is 5.21. The maximum atomic E-state index is 4.28. The normalized spacial score (nSPS) is 19.1. The number of aromatic nitrogens is 2. The maximum absolute atomic E-state index is 4.28. The molecule has 0 aliphatic carbocycles. The summed E-state index contributed by atoms with van der Waals surface area (Å²) in [5.41, 5.74) is 3.69. The molecule has 0 atom stereocenters. The Hall–Kier alpha value is 0.104. The molecule has 0 unspecified atom stereocenters. The summed E-state index contributed by atoms with van der Waals surface area (Å²) in [4.78, 5) is 13.1. The molecule has 1 saturated heterocycles. The van der Waals surface area contributed by atoms with Crippen LogP contribution >= 0.6 is 0 Å². The van der Waals surface area contributed by atoms with Crippen LogP contribution in [0.5, 0.6) is 0 Å². The van der Waals surface area contributed by atoms with Gasteiger partial charge in [-0.25, -0.2) is 9.97 Å². The van der Waals surface area contributed by atoms with Gasteiger partial charge in [0.1, 0.15) is 6.33 Å². The van der Waals surface area contributed by atoms with Crippen LogP contribution in [0.25, 0.3) is 0 Å². The van der Waals surface area contributed by atoms with E-state index in [1.54, 1.807) is 6.33 Å². The van der Waals surface area contributed by atoms with Crippen molar-refractivity contribution in [1.82, 2.24) is 19.8 Å². The van der Waals surface area contributed by atoms with Gasteiger partial charge in [0.15, 0.2) is 0 Å². The fourth-order valence-electron chi connectivity index (χ4n) is 2.33. The van der Waals surface area contributed by atoms with E-state index in [9.17, 15) is 0 Å². The van der Waals surface area contributed by atoms with Gasteiger partial charge in [-0.15, -0.1) is 6.54 Å². The van der Waals surface area contributed by atoms with Crippen molar-refractivity contribution in [3.05, 3.63) is 29.7 Å². The molecule has 0 aromatic carbocycles. The van der Waals surface area contributed by atoms with Gasteiger partial charge in [0.05, 0.1) is 0 Å². The Bertz CT molecular complexity index is 391. The molecule has 0 spiro atoms. The Labute approximate surface area is 141 Å². The molecule has 1 radical (unpaired) electrons. The van der Waals surface area contributed by atoms with E-state index in [1.165, 1.54) is 30.8 Å². The first-order chi connectivity index (χ1) is 8.66. The maximum Gasteiger partial charge on any atom is 0.115 e. The van der Waals surface area contributed by atoms with Gasteiger partial charge in [-0.1, -0.05) is 0 Å². The van der Waals surface area contributed by atoms with Crippen LogP contribution in [0.1, 0.15) is 23.4 Å². The molecule has 4 nitrogen and oxygen atoms in total. The number of aryl methyl sites for hydroxylation is 1. The third kappa shape index (κ3) is 5.18. The molecule has 1 aromatic heterocycles. The van der Waals surface area contributed by atoms with Crippen LogP contribution in [0, 0.1) is 13.3 Å². The first-order valence-electron chi connectivity index (χ1n) is 6.65. The van der Waals surface area contributed by atoms with Crippen LogP contribution in [0.2, 0.25) is 0 Å². The first-order valence-corrected chi connectivity index (χ1v) is 6.65. The predicted octanol–water partition coefficient (Wildman–Crippen LogP) is 1.30. The molecule has 0 saturated carbocycles. The zero-order valence-electron chi connectivity index (χ0n) is 12.3. The van der Waals surface area contributed by atoms with Gasteiger partial charge >= 0.3 is 0 Å². The standard InChI is InChI=1S/C9H13N3.C5H10N.Y/c1-7-8-5-12(2)4-3-9(8)11-6-10-7;1-6-4-2-3-5-6;/h6H,3-5H2,1-2H3;2H,3-5H2,1H3;/q;-1;. The van der Waals surface area contributed by atoms with Gasteiger partial charge in [0, 0.05) is 69.2 Å². The van der Waals surface area contributed by atoms with Crippen molar-refractivity contribution in [2.45, 2.75) is 26.3 Å². The SMILES string of the molecule is CN1C[CH-]CC1.Cc1ncnc2c1CN(C)CC2.[Y]. The van der Waals surface area contributed by atoms with Crippen LogP contribution in [-0.4, -0.2) is 53.5 Å². The summed E-state index contributed by atoms with van der Waals surface area (Å²) in [5.74, 6) is 0. The van der Waals surface area contributed by atoms with Crippen molar-refractivity contribution < 1.29 is 32.7 Å². The molecule has 5 heteroatoms. The van der Waals surface area contributed by atoms with Gasteiger partial charge in [0.2, 0.25) is 0 Å². The predicted molar refractivity (Wildman–Crippen MR) is 73.2 cm³/mol. The number of hydrogen-bond acceptors (Lipinski definition) is 4. The third-order valence-corrected chi connectivity index (χ3v) is 3.56. The smallest absolute Gasteiger partial charge is 0.115 e. The minimum absolute atomic E-state index is 0. The fourth-order valence-corrected chi connectivity index (χ4v) is 2.33.